The van der Waals surface area contributed by atoms with Crippen LogP contribution in [0.5, 0.6) is 0 Å². The molecule has 0 amide bonds. The molecule has 12 heavy (non-hydrogen) atoms. The van der Waals surface area contributed by atoms with Gasteiger partial charge < -0.3 is 10.2 Å². The Balaban J connectivity index is 2.44. The van der Waals surface area contributed by atoms with Gasteiger partial charge in [-0.15, -0.1) is 0 Å². The molecule has 0 aromatic rings. The van der Waals surface area contributed by atoms with Crippen LogP contribution in [0, 0.1) is 5.92 Å². The molecular weight excluding hydrogens is 148 g/mol. The van der Waals surface area contributed by atoms with Crippen LogP contribution >= 0.6 is 0 Å². The zero-order valence-electron chi connectivity index (χ0n) is 8.85. The van der Waals surface area contributed by atoms with E-state index in [4.69, 9.17) is 0 Å². The Morgan fingerprint density at radius 2 is 1.75 bits per heavy atom. The molecule has 72 valence electrons. The topological polar surface area (TPSA) is 15.3 Å². The average molecular weight is 170 g/mol. The van der Waals surface area contributed by atoms with Gasteiger partial charge in [0.15, 0.2) is 0 Å². The van der Waals surface area contributed by atoms with Crippen LogP contribution in [0.3, 0.4) is 0 Å². The van der Waals surface area contributed by atoms with Crippen molar-refractivity contribution in [1.29, 1.82) is 0 Å². The van der Waals surface area contributed by atoms with Gasteiger partial charge in [-0.1, -0.05) is 0 Å². The smallest absolute Gasteiger partial charge is 0.0151 e. The van der Waals surface area contributed by atoms with Gasteiger partial charge in [0.1, 0.15) is 0 Å². The van der Waals surface area contributed by atoms with E-state index in [0.29, 0.717) is 5.54 Å². The minimum atomic E-state index is 0.321. The molecular formula is C10H22N2. The second-order valence-corrected chi connectivity index (χ2v) is 4.55. The molecule has 2 nitrogen and oxygen atoms in total. The predicted molar refractivity (Wildman–Crippen MR) is 53.4 cm³/mol. The summed E-state index contributed by atoms with van der Waals surface area (Å²) in [6, 6.07) is 0. The molecule has 1 aliphatic rings. The number of nitrogens with zero attached hydrogens (tertiary/aromatic N) is 1. The van der Waals surface area contributed by atoms with Crippen molar-refractivity contribution in [2.45, 2.75) is 32.2 Å². The number of piperidine rings is 1. The molecule has 0 saturated carbocycles. The zero-order chi connectivity index (χ0) is 9.19. The quantitative estimate of drug-likeness (QED) is 0.672. The Labute approximate surface area is 76.3 Å². The van der Waals surface area contributed by atoms with E-state index in [0.717, 1.165) is 5.92 Å². The van der Waals surface area contributed by atoms with Crippen LogP contribution in [0.15, 0.2) is 0 Å². The van der Waals surface area contributed by atoms with E-state index in [1.165, 1.54) is 25.9 Å². The van der Waals surface area contributed by atoms with E-state index >= 15 is 0 Å². The molecule has 1 aliphatic heterocycles. The summed E-state index contributed by atoms with van der Waals surface area (Å²) in [7, 11) is 4.28. The molecule has 1 rings (SSSR count). The van der Waals surface area contributed by atoms with E-state index in [1.807, 2.05) is 0 Å². The van der Waals surface area contributed by atoms with Gasteiger partial charge in [0.2, 0.25) is 0 Å². The number of rotatable bonds is 2. The molecule has 0 unspecified atom stereocenters. The van der Waals surface area contributed by atoms with Crippen LogP contribution in [0.1, 0.15) is 26.7 Å². The first-order valence-electron chi connectivity index (χ1n) is 4.93. The third-order valence-corrected chi connectivity index (χ3v) is 3.38. The second kappa shape index (κ2) is 3.75. The fourth-order valence-electron chi connectivity index (χ4n) is 1.93. The highest BCUT2D eigenvalue weighted by atomic mass is 15.1. The maximum Gasteiger partial charge on any atom is 0.0151 e. The molecule has 0 radical (unpaired) electrons. The summed E-state index contributed by atoms with van der Waals surface area (Å²) in [6.45, 7) is 7.14. The van der Waals surface area contributed by atoms with Crippen molar-refractivity contribution in [3.63, 3.8) is 0 Å². The van der Waals surface area contributed by atoms with Gasteiger partial charge in [-0.3, -0.25) is 0 Å². The minimum Gasteiger partial charge on any atom is -0.315 e. The highest BCUT2D eigenvalue weighted by Crippen LogP contribution is 2.26. The standard InChI is InChI=1S/C10H22N2/c1-10(2,11-3)9-5-7-12(4)8-6-9/h9,11H,5-8H2,1-4H3. The van der Waals surface area contributed by atoms with Gasteiger partial charge >= 0.3 is 0 Å². The first kappa shape index (κ1) is 10.0. The molecule has 1 N–H and O–H groups in total. The zero-order valence-corrected chi connectivity index (χ0v) is 8.85. The predicted octanol–water partition coefficient (Wildman–Crippen LogP) is 1.33. The summed E-state index contributed by atoms with van der Waals surface area (Å²) in [5, 5.41) is 3.41. The van der Waals surface area contributed by atoms with Crippen LogP contribution in [-0.4, -0.2) is 37.6 Å². The van der Waals surface area contributed by atoms with Gasteiger partial charge in [0.25, 0.3) is 0 Å². The lowest BCUT2D eigenvalue weighted by Gasteiger charge is -2.39. The number of hydrogen-bond donors (Lipinski definition) is 1. The van der Waals surface area contributed by atoms with Crippen molar-refractivity contribution in [3.05, 3.63) is 0 Å². The average Bonchev–Trinajstić information content (AvgIpc) is 2.05. The summed E-state index contributed by atoms with van der Waals surface area (Å²) in [6.07, 6.45) is 2.68. The molecule has 2 heteroatoms. The maximum absolute atomic E-state index is 3.41. The van der Waals surface area contributed by atoms with E-state index in [9.17, 15) is 0 Å². The van der Waals surface area contributed by atoms with Crippen molar-refractivity contribution in [2.75, 3.05) is 27.2 Å². The van der Waals surface area contributed by atoms with Gasteiger partial charge in [0.05, 0.1) is 0 Å². The summed E-state index contributed by atoms with van der Waals surface area (Å²) < 4.78 is 0. The Bertz CT molecular complexity index is 135. The van der Waals surface area contributed by atoms with Gasteiger partial charge in [-0.25, -0.2) is 0 Å². The van der Waals surface area contributed by atoms with Crippen LogP contribution < -0.4 is 5.32 Å². The number of hydrogen-bond acceptors (Lipinski definition) is 2. The number of nitrogens with one attached hydrogen (secondary N) is 1. The number of likely N-dealkylation sites (tertiary alicyclic amines) is 1. The maximum atomic E-state index is 3.41. The Morgan fingerprint density at radius 1 is 1.25 bits per heavy atom. The minimum absolute atomic E-state index is 0.321. The Hall–Kier alpha value is -0.0800. The first-order chi connectivity index (χ1) is 5.56. The molecule has 1 fully saturated rings. The molecule has 1 saturated heterocycles. The molecule has 0 aliphatic carbocycles. The van der Waals surface area contributed by atoms with E-state index < -0.39 is 0 Å². The first-order valence-corrected chi connectivity index (χ1v) is 4.93. The second-order valence-electron chi connectivity index (χ2n) is 4.55. The van der Waals surface area contributed by atoms with Crippen LogP contribution in [0.2, 0.25) is 0 Å². The lowest BCUT2D eigenvalue weighted by Crippen LogP contribution is -2.48. The van der Waals surface area contributed by atoms with Crippen molar-refractivity contribution < 1.29 is 0 Å². The third kappa shape index (κ3) is 2.20. The van der Waals surface area contributed by atoms with Crippen molar-refractivity contribution in [2.24, 2.45) is 5.92 Å². The van der Waals surface area contributed by atoms with Crippen molar-refractivity contribution in [1.82, 2.24) is 10.2 Å². The highest BCUT2D eigenvalue weighted by Gasteiger charge is 2.29. The fraction of sp³-hybridized carbons (Fsp3) is 1.00. The van der Waals surface area contributed by atoms with Gasteiger partial charge in [-0.2, -0.15) is 0 Å². The van der Waals surface area contributed by atoms with Crippen LogP contribution in [-0.2, 0) is 0 Å². The van der Waals surface area contributed by atoms with Gasteiger partial charge in [0, 0.05) is 5.54 Å². The van der Waals surface area contributed by atoms with E-state index in [1.54, 1.807) is 0 Å². The molecule has 0 aromatic carbocycles. The lowest BCUT2D eigenvalue weighted by atomic mass is 9.80. The van der Waals surface area contributed by atoms with E-state index in [2.05, 4.69) is 38.2 Å². The fourth-order valence-corrected chi connectivity index (χ4v) is 1.93. The summed E-state index contributed by atoms with van der Waals surface area (Å²) >= 11 is 0. The summed E-state index contributed by atoms with van der Waals surface area (Å²) in [5.41, 5.74) is 0.321. The normalized spacial score (nSPS) is 23.0. The van der Waals surface area contributed by atoms with Crippen molar-refractivity contribution in [3.8, 4) is 0 Å². The molecule has 1 heterocycles. The Morgan fingerprint density at radius 3 is 2.17 bits per heavy atom. The molecule has 0 atom stereocenters. The van der Waals surface area contributed by atoms with Crippen molar-refractivity contribution >= 4 is 0 Å². The largest absolute Gasteiger partial charge is 0.315 e. The summed E-state index contributed by atoms with van der Waals surface area (Å²) in [4.78, 5) is 2.42. The van der Waals surface area contributed by atoms with Crippen LogP contribution in [0.25, 0.3) is 0 Å². The van der Waals surface area contributed by atoms with Crippen LogP contribution in [0.4, 0.5) is 0 Å². The molecule has 0 spiro atoms. The monoisotopic (exact) mass is 170 g/mol. The Kier molecular flexibility index (Phi) is 3.13. The molecule has 0 bridgehead atoms. The molecule has 0 aromatic heterocycles. The summed E-state index contributed by atoms with van der Waals surface area (Å²) in [5.74, 6) is 0.846. The van der Waals surface area contributed by atoms with E-state index in [-0.39, 0.29) is 0 Å². The lowest BCUT2D eigenvalue weighted by molar-refractivity contribution is 0.148. The highest BCUT2D eigenvalue weighted by molar-refractivity contribution is 4.87. The van der Waals surface area contributed by atoms with Gasteiger partial charge in [-0.05, 0) is 59.8 Å². The third-order valence-electron chi connectivity index (χ3n) is 3.38. The SMILES string of the molecule is CNC(C)(C)C1CCN(C)CC1.